The maximum Gasteiger partial charge on any atom is 0.269 e. The molecule has 2 aromatic carbocycles. The number of carbonyl (C=O) groups excluding carboxylic acids is 2. The number of hydrogen-bond donors (Lipinski definition) is 1. The largest absolute Gasteiger partial charge is 0.352 e. The highest BCUT2D eigenvalue weighted by Crippen LogP contribution is 2.25. The molecule has 7 nitrogen and oxygen atoms in total. The van der Waals surface area contributed by atoms with Crippen LogP contribution < -0.4 is 5.32 Å². The van der Waals surface area contributed by atoms with Gasteiger partial charge in [-0.2, -0.15) is 0 Å². The predicted molar refractivity (Wildman–Crippen MR) is 136 cm³/mol. The Bertz CT molecular complexity index is 1030. The van der Waals surface area contributed by atoms with Crippen LogP contribution in [0.1, 0.15) is 43.7 Å². The third-order valence-electron chi connectivity index (χ3n) is 5.87. The first-order valence-corrected chi connectivity index (χ1v) is 13.0. The Morgan fingerprint density at radius 2 is 1.85 bits per heavy atom. The van der Waals surface area contributed by atoms with Crippen LogP contribution in [0.15, 0.2) is 42.5 Å². The van der Waals surface area contributed by atoms with Crippen molar-refractivity contribution in [2.75, 3.05) is 5.75 Å². The second-order valence-electron chi connectivity index (χ2n) is 8.34. The number of halogens is 2. The molecule has 1 saturated carbocycles. The van der Waals surface area contributed by atoms with Crippen LogP contribution in [-0.2, 0) is 21.9 Å². The van der Waals surface area contributed by atoms with Crippen LogP contribution in [-0.4, -0.2) is 39.5 Å². The lowest BCUT2D eigenvalue weighted by atomic mass is 10.1. The average molecular weight is 524 g/mol. The molecular formula is C24H27Cl2N3O4S. The van der Waals surface area contributed by atoms with Gasteiger partial charge in [0.05, 0.1) is 10.7 Å². The van der Waals surface area contributed by atoms with Crippen molar-refractivity contribution in [1.82, 2.24) is 10.2 Å². The molecule has 1 atom stereocenters. The van der Waals surface area contributed by atoms with Gasteiger partial charge in [0.15, 0.2) is 0 Å². The summed E-state index contributed by atoms with van der Waals surface area (Å²) in [6.07, 6.45) is 4.12. The van der Waals surface area contributed by atoms with Gasteiger partial charge in [0.2, 0.25) is 11.8 Å². The zero-order chi connectivity index (χ0) is 24.7. The van der Waals surface area contributed by atoms with Gasteiger partial charge in [-0.1, -0.05) is 54.2 Å². The maximum atomic E-state index is 13.2. The molecule has 182 valence electrons. The molecule has 0 spiro atoms. The smallest absolute Gasteiger partial charge is 0.269 e. The number of nitrogens with one attached hydrogen (secondary N) is 1. The minimum absolute atomic E-state index is 0.0259. The molecule has 1 aliphatic carbocycles. The summed E-state index contributed by atoms with van der Waals surface area (Å²) in [6, 6.07) is 10.8. The maximum absolute atomic E-state index is 13.2. The van der Waals surface area contributed by atoms with E-state index < -0.39 is 11.0 Å². The summed E-state index contributed by atoms with van der Waals surface area (Å²) in [5, 5.41) is 14.8. The highest BCUT2D eigenvalue weighted by Gasteiger charge is 2.28. The molecule has 0 radical (unpaired) electrons. The number of hydrogen-bond acceptors (Lipinski definition) is 5. The van der Waals surface area contributed by atoms with Crippen molar-refractivity contribution in [2.24, 2.45) is 0 Å². The molecule has 0 aliphatic heterocycles. The van der Waals surface area contributed by atoms with E-state index in [4.69, 9.17) is 23.2 Å². The lowest BCUT2D eigenvalue weighted by molar-refractivity contribution is -0.384. The van der Waals surface area contributed by atoms with E-state index in [1.165, 1.54) is 23.9 Å². The van der Waals surface area contributed by atoms with Crippen LogP contribution in [0.3, 0.4) is 0 Å². The lowest BCUT2D eigenvalue weighted by Gasteiger charge is -2.30. The van der Waals surface area contributed by atoms with Gasteiger partial charge in [-0.3, -0.25) is 19.7 Å². The summed E-state index contributed by atoms with van der Waals surface area (Å²) < 4.78 is 0. The second-order valence-corrected chi connectivity index (χ2v) is 10.2. The SMILES string of the molecule is C[C@@H](C(=O)NC1CCCC1)N(Cc1ccc(Cl)cc1Cl)C(=O)CSCc1ccc([N+](=O)[O-])cc1. The van der Waals surface area contributed by atoms with Gasteiger partial charge < -0.3 is 10.2 Å². The summed E-state index contributed by atoms with van der Waals surface area (Å²) in [5.74, 6) is 0.309. The quantitative estimate of drug-likeness (QED) is 0.322. The number of nitrogens with zero attached hydrogens (tertiary/aromatic N) is 2. The Morgan fingerprint density at radius 1 is 1.18 bits per heavy atom. The average Bonchev–Trinajstić information content (AvgIpc) is 3.31. The van der Waals surface area contributed by atoms with Gasteiger partial charge in [0.25, 0.3) is 5.69 Å². The van der Waals surface area contributed by atoms with Crippen LogP contribution >= 0.6 is 35.0 Å². The number of nitro benzene ring substituents is 1. The number of non-ortho nitro benzene ring substituents is 1. The zero-order valence-electron chi connectivity index (χ0n) is 18.8. The van der Waals surface area contributed by atoms with Gasteiger partial charge in [-0.05, 0) is 43.0 Å². The number of thioether (sulfide) groups is 1. The molecule has 0 bridgehead atoms. The zero-order valence-corrected chi connectivity index (χ0v) is 21.2. The first-order chi connectivity index (χ1) is 16.2. The molecule has 2 aromatic rings. The second kappa shape index (κ2) is 12.4. The molecule has 0 saturated heterocycles. The molecule has 34 heavy (non-hydrogen) atoms. The first kappa shape index (κ1) is 26.3. The standard InChI is InChI=1S/C24H27Cl2N3O4S/c1-16(24(31)27-20-4-2-3-5-20)28(13-18-8-9-19(25)12-22(18)26)23(30)15-34-14-17-6-10-21(11-7-17)29(32)33/h6-12,16,20H,2-5,13-15H2,1H3,(H,27,31)/t16-/m0/s1. The summed E-state index contributed by atoms with van der Waals surface area (Å²) in [4.78, 5) is 38.1. The van der Waals surface area contributed by atoms with Gasteiger partial charge in [0, 0.05) is 40.5 Å². The minimum atomic E-state index is -0.667. The number of benzene rings is 2. The van der Waals surface area contributed by atoms with Crippen LogP contribution in [0.5, 0.6) is 0 Å². The van der Waals surface area contributed by atoms with Crippen molar-refractivity contribution >= 4 is 52.5 Å². The molecule has 1 N–H and O–H groups in total. The third-order valence-corrected chi connectivity index (χ3v) is 7.44. The Balaban J connectivity index is 1.67. The van der Waals surface area contributed by atoms with E-state index in [-0.39, 0.29) is 35.8 Å². The van der Waals surface area contributed by atoms with E-state index in [9.17, 15) is 19.7 Å². The van der Waals surface area contributed by atoms with E-state index >= 15 is 0 Å². The molecule has 1 fully saturated rings. The van der Waals surface area contributed by atoms with Crippen molar-refractivity contribution in [1.29, 1.82) is 0 Å². The summed E-state index contributed by atoms with van der Waals surface area (Å²) in [6.45, 7) is 1.92. The lowest BCUT2D eigenvalue weighted by Crippen LogP contribution is -2.50. The van der Waals surface area contributed by atoms with Crippen LogP contribution in [0.2, 0.25) is 10.0 Å². The van der Waals surface area contributed by atoms with Gasteiger partial charge in [-0.25, -0.2) is 0 Å². The van der Waals surface area contributed by atoms with E-state index in [0.29, 0.717) is 21.4 Å². The minimum Gasteiger partial charge on any atom is -0.352 e. The number of rotatable bonds is 10. The van der Waals surface area contributed by atoms with Crippen LogP contribution in [0.25, 0.3) is 0 Å². The fourth-order valence-electron chi connectivity index (χ4n) is 3.86. The molecule has 1 aliphatic rings. The highest BCUT2D eigenvalue weighted by atomic mass is 35.5. The fourth-order valence-corrected chi connectivity index (χ4v) is 5.20. The molecule has 2 amide bonds. The monoisotopic (exact) mass is 523 g/mol. The Hall–Kier alpha value is -2.29. The van der Waals surface area contributed by atoms with Crippen molar-refractivity contribution in [3.8, 4) is 0 Å². The van der Waals surface area contributed by atoms with Crippen molar-refractivity contribution in [2.45, 2.75) is 57.0 Å². The third kappa shape index (κ3) is 7.35. The van der Waals surface area contributed by atoms with Gasteiger partial charge >= 0.3 is 0 Å². The molecule has 0 heterocycles. The Kier molecular flexibility index (Phi) is 9.62. The topological polar surface area (TPSA) is 92.6 Å². The Labute approximate surface area is 213 Å². The summed E-state index contributed by atoms with van der Waals surface area (Å²) in [5.41, 5.74) is 1.61. The van der Waals surface area contributed by atoms with E-state index in [1.54, 1.807) is 42.2 Å². The van der Waals surface area contributed by atoms with Gasteiger partial charge in [-0.15, -0.1) is 11.8 Å². The number of nitro groups is 1. The Morgan fingerprint density at radius 3 is 2.47 bits per heavy atom. The van der Waals surface area contributed by atoms with Gasteiger partial charge in [0.1, 0.15) is 6.04 Å². The molecule has 3 rings (SSSR count). The van der Waals surface area contributed by atoms with E-state index in [1.807, 2.05) is 0 Å². The molecule has 10 heteroatoms. The first-order valence-electron chi connectivity index (χ1n) is 11.1. The number of carbonyl (C=O) groups is 2. The van der Waals surface area contributed by atoms with E-state index in [2.05, 4.69) is 5.32 Å². The molecular weight excluding hydrogens is 497 g/mol. The normalized spacial score (nSPS) is 14.6. The molecule has 0 aromatic heterocycles. The van der Waals surface area contributed by atoms with E-state index in [0.717, 1.165) is 31.2 Å². The molecule has 0 unspecified atom stereocenters. The van der Waals surface area contributed by atoms with Crippen molar-refractivity contribution in [3.05, 3.63) is 73.8 Å². The number of amides is 2. The summed E-state index contributed by atoms with van der Waals surface area (Å²) >= 11 is 13.7. The highest BCUT2D eigenvalue weighted by molar-refractivity contribution is 7.99. The van der Waals surface area contributed by atoms with Crippen molar-refractivity contribution < 1.29 is 14.5 Å². The predicted octanol–water partition coefficient (Wildman–Crippen LogP) is 5.61. The van der Waals surface area contributed by atoms with Crippen LogP contribution in [0.4, 0.5) is 5.69 Å². The summed E-state index contributed by atoms with van der Waals surface area (Å²) in [7, 11) is 0. The van der Waals surface area contributed by atoms with Crippen molar-refractivity contribution in [3.63, 3.8) is 0 Å². The fraction of sp³-hybridized carbons (Fsp3) is 0.417. The van der Waals surface area contributed by atoms with Crippen LogP contribution in [0, 0.1) is 10.1 Å².